The number of aliphatic hydroxyl groups excluding tert-OH is 1. The fourth-order valence-corrected chi connectivity index (χ4v) is 3.16. The summed E-state index contributed by atoms with van der Waals surface area (Å²) in [7, 11) is 1.41. The molecule has 0 radical (unpaired) electrons. The second kappa shape index (κ2) is 12.1. The van der Waals surface area contributed by atoms with Crippen LogP contribution in [0.4, 0.5) is 0 Å². The molecule has 1 N–H and O–H groups in total. The number of hydrogen-bond donors (Lipinski definition) is 1. The summed E-state index contributed by atoms with van der Waals surface area (Å²) in [6.07, 6.45) is 10.3. The minimum atomic E-state index is -0.627. The summed E-state index contributed by atoms with van der Waals surface area (Å²) in [6.45, 7) is 2.21. The Hall–Kier alpha value is -2.39. The van der Waals surface area contributed by atoms with E-state index in [1.807, 2.05) is 42.5 Å². The van der Waals surface area contributed by atoms with E-state index in [0.717, 1.165) is 36.0 Å². The zero-order valence-corrected chi connectivity index (χ0v) is 17.1. The first-order chi connectivity index (χ1) is 13.6. The Morgan fingerprint density at radius 1 is 1.07 bits per heavy atom. The number of benzene rings is 2. The van der Waals surface area contributed by atoms with E-state index in [-0.39, 0.29) is 5.97 Å². The van der Waals surface area contributed by atoms with Gasteiger partial charge in [-0.15, -0.1) is 0 Å². The average Bonchev–Trinajstić information content (AvgIpc) is 2.73. The lowest BCUT2D eigenvalue weighted by Gasteiger charge is -2.13. The van der Waals surface area contributed by atoms with Crippen molar-refractivity contribution in [3.8, 4) is 0 Å². The van der Waals surface area contributed by atoms with E-state index in [1.165, 1.54) is 31.9 Å². The normalized spacial score (nSPS) is 12.2. The first-order valence-electron chi connectivity index (χ1n) is 10.2. The van der Waals surface area contributed by atoms with Gasteiger partial charge >= 0.3 is 5.97 Å². The molecule has 2 rings (SSSR count). The third kappa shape index (κ3) is 7.32. The van der Waals surface area contributed by atoms with E-state index in [4.69, 9.17) is 0 Å². The Morgan fingerprint density at radius 3 is 2.57 bits per heavy atom. The van der Waals surface area contributed by atoms with Crippen molar-refractivity contribution in [3.05, 3.63) is 76.9 Å². The van der Waals surface area contributed by atoms with Gasteiger partial charge in [-0.3, -0.25) is 4.79 Å². The molecule has 3 nitrogen and oxygen atoms in total. The molecule has 2 aromatic rings. The molecule has 0 heterocycles. The Balaban J connectivity index is 1.93. The van der Waals surface area contributed by atoms with Crippen molar-refractivity contribution >= 4 is 12.0 Å². The number of carbonyl (C=O) groups is 1. The van der Waals surface area contributed by atoms with Gasteiger partial charge in [-0.1, -0.05) is 74.4 Å². The van der Waals surface area contributed by atoms with E-state index in [1.54, 1.807) is 0 Å². The molecule has 0 aliphatic heterocycles. The van der Waals surface area contributed by atoms with Gasteiger partial charge in [-0.2, -0.15) is 0 Å². The van der Waals surface area contributed by atoms with Crippen LogP contribution in [0.5, 0.6) is 0 Å². The van der Waals surface area contributed by atoms with Crippen LogP contribution in [0, 0.1) is 0 Å². The number of ether oxygens (including phenoxy) is 1. The first-order valence-corrected chi connectivity index (χ1v) is 10.2. The van der Waals surface area contributed by atoms with Gasteiger partial charge in [0.15, 0.2) is 0 Å². The molecule has 0 fully saturated rings. The summed E-state index contributed by atoms with van der Waals surface area (Å²) < 4.78 is 4.64. The molecular weight excluding hydrogens is 348 g/mol. The maximum atomic E-state index is 11.1. The highest BCUT2D eigenvalue weighted by atomic mass is 16.5. The van der Waals surface area contributed by atoms with Gasteiger partial charge in [0, 0.05) is 6.42 Å². The quantitative estimate of drug-likeness (QED) is 0.392. The number of esters is 1. The van der Waals surface area contributed by atoms with Crippen molar-refractivity contribution in [2.75, 3.05) is 7.11 Å². The van der Waals surface area contributed by atoms with Gasteiger partial charge in [0.25, 0.3) is 0 Å². The van der Waals surface area contributed by atoms with Crippen molar-refractivity contribution in [2.24, 2.45) is 0 Å². The summed E-state index contributed by atoms with van der Waals surface area (Å²) in [5, 5.41) is 10.7. The predicted molar refractivity (Wildman–Crippen MR) is 115 cm³/mol. The van der Waals surface area contributed by atoms with Crippen molar-refractivity contribution in [2.45, 2.75) is 58.0 Å². The molecule has 150 valence electrons. The topological polar surface area (TPSA) is 46.5 Å². The molecule has 0 aliphatic carbocycles. The molecular formula is C25H32O3. The highest BCUT2D eigenvalue weighted by molar-refractivity contribution is 5.69. The lowest BCUT2D eigenvalue weighted by atomic mass is 9.97. The number of aliphatic hydroxyl groups is 1. The van der Waals surface area contributed by atoms with E-state index in [2.05, 4.69) is 29.9 Å². The molecule has 28 heavy (non-hydrogen) atoms. The highest BCUT2D eigenvalue weighted by Gasteiger charge is 2.10. The Kier molecular flexibility index (Phi) is 9.50. The third-order valence-electron chi connectivity index (χ3n) is 4.88. The molecule has 3 heteroatoms. The van der Waals surface area contributed by atoms with Crippen molar-refractivity contribution in [1.82, 2.24) is 0 Å². The van der Waals surface area contributed by atoms with Crippen molar-refractivity contribution < 1.29 is 14.6 Å². The SMILES string of the molecule is CCCCCc1ccc(C(O)c2cccc(/C=C\CCCC(=O)OC)c2)cc1. The molecule has 0 aromatic heterocycles. The summed E-state index contributed by atoms with van der Waals surface area (Å²) >= 11 is 0. The van der Waals surface area contributed by atoms with Gasteiger partial charge in [-0.05, 0) is 54.0 Å². The summed E-state index contributed by atoms with van der Waals surface area (Å²) in [6, 6.07) is 16.3. The van der Waals surface area contributed by atoms with Crippen LogP contribution in [-0.4, -0.2) is 18.2 Å². The van der Waals surface area contributed by atoms with Gasteiger partial charge in [-0.25, -0.2) is 0 Å². The van der Waals surface area contributed by atoms with Crippen molar-refractivity contribution in [3.63, 3.8) is 0 Å². The Labute approximate surface area is 169 Å². The van der Waals surface area contributed by atoms with Crippen LogP contribution in [0.15, 0.2) is 54.6 Å². The first kappa shape index (κ1) is 21.9. The molecule has 0 saturated carbocycles. The van der Waals surface area contributed by atoms with Crippen LogP contribution in [0.25, 0.3) is 6.08 Å². The minimum absolute atomic E-state index is 0.171. The monoisotopic (exact) mass is 380 g/mol. The highest BCUT2D eigenvalue weighted by Crippen LogP contribution is 2.24. The Bertz CT molecular complexity index is 747. The molecule has 0 saturated heterocycles. The summed E-state index contributed by atoms with van der Waals surface area (Å²) in [4.78, 5) is 11.1. The van der Waals surface area contributed by atoms with Gasteiger partial charge in [0.05, 0.1) is 7.11 Å². The van der Waals surface area contributed by atoms with Crippen LogP contribution in [0.2, 0.25) is 0 Å². The number of hydrogen-bond acceptors (Lipinski definition) is 3. The van der Waals surface area contributed by atoms with Gasteiger partial charge < -0.3 is 9.84 Å². The lowest BCUT2D eigenvalue weighted by Crippen LogP contribution is -2.00. The maximum absolute atomic E-state index is 11.1. The molecule has 1 atom stereocenters. The van der Waals surface area contributed by atoms with Crippen LogP contribution >= 0.6 is 0 Å². The second-order valence-corrected chi connectivity index (χ2v) is 7.14. The van der Waals surface area contributed by atoms with E-state index in [9.17, 15) is 9.90 Å². The van der Waals surface area contributed by atoms with Crippen LogP contribution in [0.3, 0.4) is 0 Å². The summed E-state index contributed by atoms with van der Waals surface area (Å²) in [5.74, 6) is -0.171. The zero-order valence-electron chi connectivity index (χ0n) is 17.1. The fourth-order valence-electron chi connectivity index (χ4n) is 3.16. The molecule has 0 aliphatic rings. The predicted octanol–water partition coefficient (Wildman–Crippen LogP) is 5.86. The van der Waals surface area contributed by atoms with E-state index >= 15 is 0 Å². The number of rotatable bonds is 11. The average molecular weight is 381 g/mol. The molecule has 0 spiro atoms. The Morgan fingerprint density at radius 2 is 1.86 bits per heavy atom. The maximum Gasteiger partial charge on any atom is 0.305 e. The van der Waals surface area contributed by atoms with E-state index < -0.39 is 6.10 Å². The van der Waals surface area contributed by atoms with Crippen LogP contribution < -0.4 is 0 Å². The smallest absolute Gasteiger partial charge is 0.305 e. The summed E-state index contributed by atoms with van der Waals surface area (Å²) in [5.41, 5.74) is 4.17. The minimum Gasteiger partial charge on any atom is -0.469 e. The number of carbonyl (C=O) groups excluding carboxylic acids is 1. The lowest BCUT2D eigenvalue weighted by molar-refractivity contribution is -0.140. The fraction of sp³-hybridized carbons (Fsp3) is 0.400. The molecule has 2 aromatic carbocycles. The third-order valence-corrected chi connectivity index (χ3v) is 4.88. The zero-order chi connectivity index (χ0) is 20.2. The largest absolute Gasteiger partial charge is 0.469 e. The molecule has 0 amide bonds. The number of aryl methyl sites for hydroxylation is 1. The van der Waals surface area contributed by atoms with Crippen LogP contribution in [-0.2, 0) is 16.0 Å². The van der Waals surface area contributed by atoms with Gasteiger partial charge in [0.1, 0.15) is 6.10 Å². The number of unbranched alkanes of at least 4 members (excludes halogenated alkanes) is 3. The van der Waals surface area contributed by atoms with Gasteiger partial charge in [0.2, 0.25) is 0 Å². The van der Waals surface area contributed by atoms with Crippen molar-refractivity contribution in [1.29, 1.82) is 0 Å². The van der Waals surface area contributed by atoms with Crippen LogP contribution in [0.1, 0.15) is 73.8 Å². The molecule has 0 bridgehead atoms. The van der Waals surface area contributed by atoms with E-state index in [0.29, 0.717) is 6.42 Å². The number of allylic oxidation sites excluding steroid dienone is 1. The standard InChI is InChI=1S/C25H32O3/c1-3-4-6-10-20-15-17-22(18-16-20)25(27)23-13-9-12-21(19-23)11-7-5-8-14-24(26)28-2/h7,9,11-13,15-19,25,27H,3-6,8,10,14H2,1-2H3/b11-7-. The molecule has 1 unspecified atom stereocenters. The number of methoxy groups -OCH3 is 1. The second-order valence-electron chi connectivity index (χ2n) is 7.14.